The maximum Gasteiger partial charge on any atom is 0.335 e. The van der Waals surface area contributed by atoms with Gasteiger partial charge in [-0.05, 0) is 35.9 Å². The predicted octanol–water partition coefficient (Wildman–Crippen LogP) is 2.08. The molecule has 1 saturated heterocycles. The van der Waals surface area contributed by atoms with Crippen LogP contribution < -0.4 is 19.7 Å². The molecule has 0 unspecified atom stereocenters. The molecule has 3 rings (SSSR count). The molecule has 0 atom stereocenters. The quantitative estimate of drug-likeness (QED) is 0.632. The number of hydrogen-bond acceptors (Lipinski definition) is 6. The summed E-state index contributed by atoms with van der Waals surface area (Å²) in [6, 6.07) is 9.86. The second kappa shape index (κ2) is 7.20. The van der Waals surface area contributed by atoms with Crippen LogP contribution in [0.1, 0.15) is 5.56 Å². The van der Waals surface area contributed by atoms with Gasteiger partial charge in [-0.15, -0.1) is 0 Å². The highest BCUT2D eigenvalue weighted by molar-refractivity contribution is 6.39. The van der Waals surface area contributed by atoms with Gasteiger partial charge in [0.2, 0.25) is 0 Å². The van der Waals surface area contributed by atoms with Gasteiger partial charge in [-0.3, -0.25) is 14.9 Å². The molecule has 1 fully saturated rings. The summed E-state index contributed by atoms with van der Waals surface area (Å²) < 4.78 is 10.1. The van der Waals surface area contributed by atoms with Crippen molar-refractivity contribution in [3.63, 3.8) is 0 Å². The van der Waals surface area contributed by atoms with E-state index < -0.39 is 17.8 Å². The number of benzene rings is 2. The molecule has 2 aromatic carbocycles. The number of imide groups is 2. The molecule has 27 heavy (non-hydrogen) atoms. The van der Waals surface area contributed by atoms with E-state index in [4.69, 9.17) is 9.47 Å². The SMILES string of the molecule is COc1cccc(N2C(=O)NC(=O)/C(=C\c3ccc(O)c(OC)c3)C2=O)c1. The molecule has 8 heteroatoms. The Labute approximate surface area is 154 Å². The summed E-state index contributed by atoms with van der Waals surface area (Å²) in [5, 5.41) is 11.8. The summed E-state index contributed by atoms with van der Waals surface area (Å²) in [5.41, 5.74) is 0.479. The number of urea groups is 1. The number of nitrogens with one attached hydrogen (secondary N) is 1. The highest BCUT2D eigenvalue weighted by atomic mass is 16.5. The van der Waals surface area contributed by atoms with E-state index in [9.17, 15) is 19.5 Å². The number of nitrogens with zero attached hydrogens (tertiary/aromatic N) is 1. The summed E-state index contributed by atoms with van der Waals surface area (Å²) in [6.45, 7) is 0. The Bertz CT molecular complexity index is 966. The van der Waals surface area contributed by atoms with Gasteiger partial charge in [0.15, 0.2) is 11.5 Å². The summed E-state index contributed by atoms with van der Waals surface area (Å²) in [4.78, 5) is 38.1. The minimum atomic E-state index is -0.848. The number of carbonyl (C=O) groups is 3. The van der Waals surface area contributed by atoms with Gasteiger partial charge in [0.25, 0.3) is 11.8 Å². The number of rotatable bonds is 4. The molecule has 2 aromatic rings. The van der Waals surface area contributed by atoms with Gasteiger partial charge in [-0.2, -0.15) is 0 Å². The van der Waals surface area contributed by atoms with E-state index in [-0.39, 0.29) is 22.8 Å². The number of phenols is 1. The fraction of sp³-hybridized carbons (Fsp3) is 0.105. The van der Waals surface area contributed by atoms with Gasteiger partial charge in [-0.25, -0.2) is 9.69 Å². The highest BCUT2D eigenvalue weighted by Gasteiger charge is 2.36. The Morgan fingerprint density at radius 2 is 1.81 bits per heavy atom. The summed E-state index contributed by atoms with van der Waals surface area (Å²) in [6.07, 6.45) is 1.32. The van der Waals surface area contributed by atoms with Crippen LogP contribution in [0.25, 0.3) is 6.08 Å². The molecular weight excluding hydrogens is 352 g/mol. The van der Waals surface area contributed by atoms with Crippen molar-refractivity contribution in [2.45, 2.75) is 0 Å². The zero-order valence-electron chi connectivity index (χ0n) is 14.6. The smallest absolute Gasteiger partial charge is 0.335 e. The number of amides is 4. The largest absolute Gasteiger partial charge is 0.504 e. The third-order valence-electron chi connectivity index (χ3n) is 3.93. The van der Waals surface area contributed by atoms with Crippen LogP contribution in [-0.4, -0.2) is 37.2 Å². The van der Waals surface area contributed by atoms with Crippen molar-refractivity contribution in [1.29, 1.82) is 0 Å². The Morgan fingerprint density at radius 3 is 2.52 bits per heavy atom. The normalized spacial score (nSPS) is 15.7. The van der Waals surface area contributed by atoms with E-state index in [2.05, 4.69) is 5.32 Å². The van der Waals surface area contributed by atoms with Crippen molar-refractivity contribution in [2.75, 3.05) is 19.1 Å². The molecule has 138 valence electrons. The van der Waals surface area contributed by atoms with E-state index in [1.165, 1.54) is 44.6 Å². The van der Waals surface area contributed by atoms with Gasteiger partial charge < -0.3 is 14.6 Å². The standard InChI is InChI=1S/C19H16N2O6/c1-26-13-5-3-4-12(10-13)21-18(24)14(17(23)20-19(21)25)8-11-6-7-15(22)16(9-11)27-2/h3-10,22H,1-2H3,(H,20,23,25)/b14-8+. The van der Waals surface area contributed by atoms with Gasteiger partial charge in [0.1, 0.15) is 11.3 Å². The van der Waals surface area contributed by atoms with Crippen molar-refractivity contribution < 1.29 is 29.0 Å². The Hall–Kier alpha value is -3.81. The third kappa shape index (κ3) is 3.45. The maximum absolute atomic E-state index is 12.8. The lowest BCUT2D eigenvalue weighted by Gasteiger charge is -2.26. The zero-order valence-corrected chi connectivity index (χ0v) is 14.6. The Balaban J connectivity index is 2.02. The molecule has 1 heterocycles. The minimum absolute atomic E-state index is 0.0766. The Kier molecular flexibility index (Phi) is 4.80. The van der Waals surface area contributed by atoms with Gasteiger partial charge in [-0.1, -0.05) is 12.1 Å². The zero-order chi connectivity index (χ0) is 19.6. The number of carbonyl (C=O) groups excluding carboxylic acids is 3. The van der Waals surface area contributed by atoms with Gasteiger partial charge in [0, 0.05) is 6.07 Å². The molecule has 0 bridgehead atoms. The molecular formula is C19H16N2O6. The highest BCUT2D eigenvalue weighted by Crippen LogP contribution is 2.29. The van der Waals surface area contributed by atoms with E-state index in [0.717, 1.165) is 4.90 Å². The first-order valence-electron chi connectivity index (χ1n) is 7.87. The average Bonchev–Trinajstić information content (AvgIpc) is 2.66. The average molecular weight is 368 g/mol. The lowest BCUT2D eigenvalue weighted by atomic mass is 10.1. The van der Waals surface area contributed by atoms with Crippen LogP contribution >= 0.6 is 0 Å². The van der Waals surface area contributed by atoms with E-state index >= 15 is 0 Å². The minimum Gasteiger partial charge on any atom is -0.504 e. The van der Waals surface area contributed by atoms with Crippen molar-refractivity contribution in [2.24, 2.45) is 0 Å². The van der Waals surface area contributed by atoms with Gasteiger partial charge >= 0.3 is 6.03 Å². The van der Waals surface area contributed by atoms with E-state index in [0.29, 0.717) is 11.3 Å². The molecule has 0 spiro atoms. The molecule has 4 amide bonds. The van der Waals surface area contributed by atoms with Crippen LogP contribution in [-0.2, 0) is 9.59 Å². The first kappa shape index (κ1) is 18.0. The fourth-order valence-corrected chi connectivity index (χ4v) is 2.59. The topological polar surface area (TPSA) is 105 Å². The first-order chi connectivity index (χ1) is 12.9. The van der Waals surface area contributed by atoms with Crippen LogP contribution in [0.4, 0.5) is 10.5 Å². The van der Waals surface area contributed by atoms with Crippen LogP contribution in [0.3, 0.4) is 0 Å². The monoisotopic (exact) mass is 368 g/mol. The third-order valence-corrected chi connectivity index (χ3v) is 3.93. The maximum atomic E-state index is 12.8. The molecule has 0 radical (unpaired) electrons. The second-order valence-corrected chi connectivity index (χ2v) is 5.59. The lowest BCUT2D eigenvalue weighted by molar-refractivity contribution is -0.122. The van der Waals surface area contributed by atoms with Crippen LogP contribution in [0.15, 0.2) is 48.0 Å². The number of anilines is 1. The predicted molar refractivity (Wildman–Crippen MR) is 96.7 cm³/mol. The van der Waals surface area contributed by atoms with Crippen molar-refractivity contribution in [3.05, 3.63) is 53.6 Å². The molecule has 0 aromatic heterocycles. The fourth-order valence-electron chi connectivity index (χ4n) is 2.59. The number of phenolic OH excluding ortho intramolecular Hbond substituents is 1. The molecule has 8 nitrogen and oxygen atoms in total. The van der Waals surface area contributed by atoms with Crippen molar-refractivity contribution in [1.82, 2.24) is 5.32 Å². The van der Waals surface area contributed by atoms with Gasteiger partial charge in [0.05, 0.1) is 19.9 Å². The second-order valence-electron chi connectivity index (χ2n) is 5.59. The molecule has 0 aliphatic carbocycles. The molecule has 1 aliphatic rings. The Morgan fingerprint density at radius 1 is 1.04 bits per heavy atom. The number of aromatic hydroxyl groups is 1. The number of methoxy groups -OCH3 is 2. The first-order valence-corrected chi connectivity index (χ1v) is 7.87. The lowest BCUT2D eigenvalue weighted by Crippen LogP contribution is -2.54. The van der Waals surface area contributed by atoms with E-state index in [1.54, 1.807) is 18.2 Å². The summed E-state index contributed by atoms with van der Waals surface area (Å²) >= 11 is 0. The summed E-state index contributed by atoms with van der Waals surface area (Å²) in [7, 11) is 2.85. The van der Waals surface area contributed by atoms with Crippen LogP contribution in [0.2, 0.25) is 0 Å². The number of hydrogen-bond donors (Lipinski definition) is 2. The molecule has 1 aliphatic heterocycles. The number of ether oxygens (including phenoxy) is 2. The van der Waals surface area contributed by atoms with Crippen molar-refractivity contribution >= 4 is 29.6 Å². The number of barbiturate groups is 1. The van der Waals surface area contributed by atoms with Crippen LogP contribution in [0, 0.1) is 0 Å². The van der Waals surface area contributed by atoms with Crippen LogP contribution in [0.5, 0.6) is 17.2 Å². The summed E-state index contributed by atoms with van der Waals surface area (Å²) in [5.74, 6) is -1.01. The molecule has 0 saturated carbocycles. The van der Waals surface area contributed by atoms with Crippen molar-refractivity contribution in [3.8, 4) is 17.2 Å². The molecule has 2 N–H and O–H groups in total. The van der Waals surface area contributed by atoms with E-state index in [1.807, 2.05) is 0 Å².